The van der Waals surface area contributed by atoms with Crippen LogP contribution in [-0.2, 0) is 0 Å². The maximum atomic E-state index is 12.8. The minimum absolute atomic E-state index is 0.0326. The fourth-order valence-electron chi connectivity index (χ4n) is 2.94. The predicted molar refractivity (Wildman–Crippen MR) is 93.2 cm³/mol. The van der Waals surface area contributed by atoms with Crippen molar-refractivity contribution in [1.29, 1.82) is 0 Å². The second-order valence-corrected chi connectivity index (χ2v) is 5.32. The molecule has 3 rings (SSSR count). The first-order chi connectivity index (χ1) is 10.7. The second kappa shape index (κ2) is 5.64. The summed E-state index contributed by atoms with van der Waals surface area (Å²) in [4.78, 5) is 12.8. The van der Waals surface area contributed by atoms with Crippen molar-refractivity contribution in [3.63, 3.8) is 0 Å². The van der Waals surface area contributed by atoms with Crippen LogP contribution in [-0.4, -0.2) is 0 Å². The van der Waals surface area contributed by atoms with E-state index in [0.29, 0.717) is 21.9 Å². The van der Waals surface area contributed by atoms with E-state index in [1.54, 1.807) is 6.08 Å². The molecule has 1 heterocycles. The number of para-hydroxylation sites is 1. The lowest BCUT2D eigenvalue weighted by molar-refractivity contribution is 0.659. The van der Waals surface area contributed by atoms with E-state index in [-0.39, 0.29) is 5.43 Å². The van der Waals surface area contributed by atoms with E-state index < -0.39 is 0 Å². The summed E-state index contributed by atoms with van der Waals surface area (Å²) in [5.74, 6) is 0. The van der Waals surface area contributed by atoms with Gasteiger partial charge in [-0.25, -0.2) is 0 Å². The topological polar surface area (TPSA) is 30.2 Å². The lowest BCUT2D eigenvalue weighted by Gasteiger charge is -2.11. The Labute approximate surface area is 129 Å². The molecule has 0 atom stereocenters. The van der Waals surface area contributed by atoms with Gasteiger partial charge in [0.2, 0.25) is 5.43 Å². The van der Waals surface area contributed by atoms with Gasteiger partial charge in [-0.05, 0) is 48.2 Å². The molecule has 0 saturated carbocycles. The van der Waals surface area contributed by atoms with Crippen LogP contribution in [0.25, 0.3) is 27.5 Å². The van der Waals surface area contributed by atoms with E-state index >= 15 is 0 Å². The summed E-state index contributed by atoms with van der Waals surface area (Å²) in [7, 11) is 0. The number of aryl methyl sites for hydroxylation is 1. The van der Waals surface area contributed by atoms with E-state index in [0.717, 1.165) is 17.5 Å². The first-order valence-electron chi connectivity index (χ1n) is 7.44. The van der Waals surface area contributed by atoms with Crippen molar-refractivity contribution >= 4 is 27.5 Å². The number of hydrogen-bond donors (Lipinski definition) is 0. The van der Waals surface area contributed by atoms with Gasteiger partial charge in [0.25, 0.3) is 0 Å². The molecule has 2 heteroatoms. The van der Waals surface area contributed by atoms with Gasteiger partial charge in [-0.3, -0.25) is 4.79 Å². The van der Waals surface area contributed by atoms with Crippen molar-refractivity contribution in [1.82, 2.24) is 0 Å². The van der Waals surface area contributed by atoms with Crippen LogP contribution in [0.5, 0.6) is 0 Å². The lowest BCUT2D eigenvalue weighted by atomic mass is 9.95. The van der Waals surface area contributed by atoms with E-state index in [4.69, 9.17) is 4.42 Å². The first kappa shape index (κ1) is 14.3. The fraction of sp³-hybridized carbons (Fsp3) is 0.150. The summed E-state index contributed by atoms with van der Waals surface area (Å²) in [5.41, 5.74) is 4.51. The molecule has 0 amide bonds. The molecule has 0 aliphatic carbocycles. The van der Waals surface area contributed by atoms with E-state index in [2.05, 4.69) is 13.5 Å². The summed E-state index contributed by atoms with van der Waals surface area (Å²) in [6, 6.07) is 11.3. The molecular formula is C20H18O2. The molecule has 0 unspecified atom stereocenters. The van der Waals surface area contributed by atoms with E-state index in [9.17, 15) is 4.79 Å². The van der Waals surface area contributed by atoms with E-state index in [1.165, 1.54) is 5.57 Å². The van der Waals surface area contributed by atoms with Gasteiger partial charge in [0.05, 0.1) is 10.8 Å². The van der Waals surface area contributed by atoms with Crippen molar-refractivity contribution in [2.24, 2.45) is 0 Å². The highest BCUT2D eigenvalue weighted by Crippen LogP contribution is 2.28. The van der Waals surface area contributed by atoms with Crippen molar-refractivity contribution in [3.05, 3.63) is 76.5 Å². The average Bonchev–Trinajstić information content (AvgIpc) is 2.53. The van der Waals surface area contributed by atoms with Gasteiger partial charge >= 0.3 is 0 Å². The summed E-state index contributed by atoms with van der Waals surface area (Å²) in [5, 5.41) is 1.29. The number of rotatable bonds is 3. The Hall–Kier alpha value is -2.61. The van der Waals surface area contributed by atoms with Gasteiger partial charge in [-0.1, -0.05) is 43.9 Å². The smallest absolute Gasteiger partial charge is 0.200 e. The van der Waals surface area contributed by atoms with Crippen molar-refractivity contribution in [2.75, 3.05) is 0 Å². The SMILES string of the molecule is C=C/C=C(/CC)c1ccc2oc3ccccc3c(=O)c2c1C. The summed E-state index contributed by atoms with van der Waals surface area (Å²) in [6.45, 7) is 7.85. The molecule has 0 N–H and O–H groups in total. The number of benzene rings is 2. The highest BCUT2D eigenvalue weighted by atomic mass is 16.3. The standard InChI is InChI=1S/C20H18O2/c1-4-8-14(5-2)15-11-12-18-19(13(15)3)20(21)16-9-6-7-10-17(16)22-18/h4,6-12H,1,5H2,2-3H3/b14-8-. The Bertz CT molecular complexity index is 959. The zero-order valence-electron chi connectivity index (χ0n) is 12.8. The monoisotopic (exact) mass is 290 g/mol. The normalized spacial score (nSPS) is 12.0. The molecule has 0 aliphatic heterocycles. The van der Waals surface area contributed by atoms with Crippen LogP contribution in [0, 0.1) is 6.92 Å². The highest BCUT2D eigenvalue weighted by Gasteiger charge is 2.13. The third kappa shape index (κ3) is 2.17. The maximum absolute atomic E-state index is 12.8. The lowest BCUT2D eigenvalue weighted by Crippen LogP contribution is -2.05. The Kier molecular flexibility index (Phi) is 3.68. The zero-order valence-corrected chi connectivity index (χ0v) is 12.8. The molecule has 0 saturated heterocycles. The molecule has 2 nitrogen and oxygen atoms in total. The van der Waals surface area contributed by atoms with Gasteiger partial charge < -0.3 is 4.42 Å². The minimum Gasteiger partial charge on any atom is -0.456 e. The molecule has 110 valence electrons. The van der Waals surface area contributed by atoms with Gasteiger partial charge in [0, 0.05) is 0 Å². The third-order valence-electron chi connectivity index (χ3n) is 4.05. The molecule has 3 aromatic rings. The quantitative estimate of drug-likeness (QED) is 0.488. The van der Waals surface area contributed by atoms with Crippen LogP contribution >= 0.6 is 0 Å². The van der Waals surface area contributed by atoms with Crippen LogP contribution in [0.2, 0.25) is 0 Å². The van der Waals surface area contributed by atoms with Gasteiger partial charge in [0.1, 0.15) is 11.2 Å². The van der Waals surface area contributed by atoms with Gasteiger partial charge in [0.15, 0.2) is 0 Å². The van der Waals surface area contributed by atoms with Gasteiger partial charge in [-0.15, -0.1) is 0 Å². The number of hydrogen-bond acceptors (Lipinski definition) is 2. The molecule has 0 aliphatic rings. The first-order valence-corrected chi connectivity index (χ1v) is 7.44. The molecule has 0 fully saturated rings. The Morgan fingerprint density at radius 3 is 2.68 bits per heavy atom. The molecule has 0 spiro atoms. The Morgan fingerprint density at radius 2 is 1.95 bits per heavy atom. The second-order valence-electron chi connectivity index (χ2n) is 5.32. The summed E-state index contributed by atoms with van der Waals surface area (Å²) >= 11 is 0. The van der Waals surface area contributed by atoms with E-state index in [1.807, 2.05) is 49.4 Å². The molecule has 1 aromatic heterocycles. The summed E-state index contributed by atoms with van der Waals surface area (Å²) < 4.78 is 5.90. The molecule has 0 radical (unpaired) electrons. The molecule has 22 heavy (non-hydrogen) atoms. The average molecular weight is 290 g/mol. The maximum Gasteiger partial charge on any atom is 0.200 e. The van der Waals surface area contributed by atoms with Crippen molar-refractivity contribution < 1.29 is 4.42 Å². The zero-order chi connectivity index (χ0) is 15.7. The molecule has 2 aromatic carbocycles. The largest absolute Gasteiger partial charge is 0.456 e. The number of allylic oxidation sites excluding steroid dienone is 3. The van der Waals surface area contributed by atoms with Crippen LogP contribution in [0.3, 0.4) is 0 Å². The van der Waals surface area contributed by atoms with Crippen LogP contribution < -0.4 is 5.43 Å². The van der Waals surface area contributed by atoms with Crippen molar-refractivity contribution in [2.45, 2.75) is 20.3 Å². The van der Waals surface area contributed by atoms with Crippen LogP contribution in [0.4, 0.5) is 0 Å². The minimum atomic E-state index is 0.0326. The van der Waals surface area contributed by atoms with Crippen LogP contribution in [0.1, 0.15) is 24.5 Å². The van der Waals surface area contributed by atoms with Crippen LogP contribution in [0.15, 0.2) is 64.3 Å². The molecule has 0 bridgehead atoms. The predicted octanol–water partition coefficient (Wildman–Crippen LogP) is 5.23. The Balaban J connectivity index is 2.43. The van der Waals surface area contributed by atoms with Crippen molar-refractivity contribution in [3.8, 4) is 0 Å². The van der Waals surface area contributed by atoms with Gasteiger partial charge in [-0.2, -0.15) is 0 Å². The number of fused-ring (bicyclic) bond motifs is 2. The third-order valence-corrected chi connectivity index (χ3v) is 4.05. The molecular weight excluding hydrogens is 272 g/mol. The fourth-order valence-corrected chi connectivity index (χ4v) is 2.94. The Morgan fingerprint density at radius 1 is 1.18 bits per heavy atom. The highest BCUT2D eigenvalue weighted by molar-refractivity contribution is 5.94. The summed E-state index contributed by atoms with van der Waals surface area (Å²) in [6.07, 6.45) is 4.67.